The van der Waals surface area contributed by atoms with Crippen LogP contribution in [0.25, 0.3) is 0 Å². The Kier molecular flexibility index (Phi) is 15.7. The first kappa shape index (κ1) is 32.1. The fraction of sp³-hybridized carbons (Fsp3) is 0.870. The zero-order chi connectivity index (χ0) is 26.2. The summed E-state index contributed by atoms with van der Waals surface area (Å²) in [6, 6.07) is 0. The van der Waals surface area contributed by atoms with Gasteiger partial charge in [0.1, 0.15) is 6.54 Å². The summed E-state index contributed by atoms with van der Waals surface area (Å²) in [5.41, 5.74) is 0. The maximum Gasteiger partial charge on any atom is 0.463 e. The van der Waals surface area contributed by atoms with Crippen molar-refractivity contribution in [1.82, 2.24) is 9.80 Å². The number of rotatable bonds is 18. The summed E-state index contributed by atoms with van der Waals surface area (Å²) in [5.74, 6) is -9.85. The summed E-state index contributed by atoms with van der Waals surface area (Å²) in [4.78, 5) is 35.9. The molecule has 0 atom stereocenters. The van der Waals surface area contributed by atoms with Crippen LogP contribution in [0.2, 0.25) is 0 Å². The Morgan fingerprint density at radius 2 is 1.12 bits per heavy atom. The molecule has 11 heteroatoms. The van der Waals surface area contributed by atoms with Gasteiger partial charge in [-0.2, -0.15) is 22.0 Å². The van der Waals surface area contributed by atoms with Crippen molar-refractivity contribution in [1.29, 1.82) is 0 Å². The largest absolute Gasteiger partial charge is 0.464 e. The highest BCUT2D eigenvalue weighted by atomic mass is 19.4. The first-order valence-electron chi connectivity index (χ1n) is 11.9. The summed E-state index contributed by atoms with van der Waals surface area (Å²) < 4.78 is 68.0. The molecule has 0 bridgehead atoms. The number of hydrogen-bond acceptors (Lipinski definition) is 4. The van der Waals surface area contributed by atoms with E-state index in [9.17, 15) is 36.3 Å². The Morgan fingerprint density at radius 1 is 0.676 bits per heavy atom. The normalized spacial score (nSPS) is 11.9. The Labute approximate surface area is 199 Å². The molecule has 0 aromatic heterocycles. The SMILES string of the molecule is CCCCCCCCCCCCCCOC(=O)CN(C)C(=O)CN(C)C(=O)C(F)(F)C(F)(F)F. The van der Waals surface area contributed by atoms with Crippen LogP contribution in [0.15, 0.2) is 0 Å². The molecule has 200 valence electrons. The summed E-state index contributed by atoms with van der Waals surface area (Å²) >= 11 is 0. The number of hydrogen-bond donors (Lipinski definition) is 0. The molecular formula is C23H39F5N2O4. The molecule has 0 radical (unpaired) electrons. The van der Waals surface area contributed by atoms with Crippen LogP contribution in [-0.2, 0) is 19.1 Å². The molecule has 0 aliphatic heterocycles. The van der Waals surface area contributed by atoms with Crippen LogP contribution in [0, 0.1) is 0 Å². The Morgan fingerprint density at radius 3 is 1.56 bits per heavy atom. The topological polar surface area (TPSA) is 66.9 Å². The van der Waals surface area contributed by atoms with Crippen molar-refractivity contribution in [2.24, 2.45) is 0 Å². The first-order valence-corrected chi connectivity index (χ1v) is 11.9. The van der Waals surface area contributed by atoms with Crippen molar-refractivity contribution < 1.29 is 41.1 Å². The minimum atomic E-state index is -6.06. The predicted molar refractivity (Wildman–Crippen MR) is 118 cm³/mol. The van der Waals surface area contributed by atoms with E-state index in [1.165, 1.54) is 51.4 Å². The Balaban J connectivity index is 3.95. The summed E-state index contributed by atoms with van der Waals surface area (Å²) in [7, 11) is 1.81. The lowest BCUT2D eigenvalue weighted by atomic mass is 10.1. The standard InChI is InChI=1S/C23H39F5N2O4/c1-4-5-6-7-8-9-10-11-12-13-14-15-16-34-20(32)18-29(2)19(31)17-30(3)21(33)22(24,25)23(26,27)28/h4-18H2,1-3H3. The van der Waals surface area contributed by atoms with E-state index in [1.54, 1.807) is 0 Å². The highest BCUT2D eigenvalue weighted by molar-refractivity contribution is 5.90. The molecule has 0 saturated heterocycles. The van der Waals surface area contributed by atoms with Gasteiger partial charge in [-0.05, 0) is 6.42 Å². The van der Waals surface area contributed by atoms with Crippen LogP contribution < -0.4 is 0 Å². The van der Waals surface area contributed by atoms with Crippen molar-refractivity contribution >= 4 is 17.8 Å². The molecule has 6 nitrogen and oxygen atoms in total. The number of nitrogens with zero attached hydrogens (tertiary/aromatic N) is 2. The molecule has 0 aliphatic rings. The zero-order valence-electron chi connectivity index (χ0n) is 20.5. The highest BCUT2D eigenvalue weighted by Crippen LogP contribution is 2.36. The molecule has 0 rings (SSSR count). The lowest BCUT2D eigenvalue weighted by molar-refractivity contribution is -0.273. The molecule has 0 N–H and O–H groups in total. The minimum absolute atomic E-state index is 0.0237. The van der Waals surface area contributed by atoms with E-state index in [0.29, 0.717) is 13.5 Å². The average Bonchev–Trinajstić information content (AvgIpc) is 2.75. The molecule has 0 spiro atoms. The Hall–Kier alpha value is -1.94. The summed E-state index contributed by atoms with van der Waals surface area (Å²) in [6.07, 6.45) is 7.83. The Bertz CT molecular complexity index is 615. The van der Waals surface area contributed by atoms with E-state index in [4.69, 9.17) is 4.74 Å². The van der Waals surface area contributed by atoms with Crippen molar-refractivity contribution in [2.75, 3.05) is 33.8 Å². The fourth-order valence-corrected chi connectivity index (χ4v) is 3.21. The number of ether oxygens (including phenoxy) is 1. The van der Waals surface area contributed by atoms with Crippen molar-refractivity contribution in [3.05, 3.63) is 0 Å². The molecule has 0 aromatic carbocycles. The summed E-state index contributed by atoms with van der Waals surface area (Å²) in [6.45, 7) is 0.836. The van der Waals surface area contributed by atoms with Gasteiger partial charge in [-0.3, -0.25) is 14.4 Å². The average molecular weight is 503 g/mol. The van der Waals surface area contributed by atoms with Gasteiger partial charge in [0.25, 0.3) is 0 Å². The van der Waals surface area contributed by atoms with Crippen molar-refractivity contribution in [2.45, 2.75) is 96.1 Å². The summed E-state index contributed by atoms with van der Waals surface area (Å²) in [5, 5.41) is 0. The third-order valence-electron chi connectivity index (χ3n) is 5.40. The van der Waals surface area contributed by atoms with Crippen molar-refractivity contribution in [3.8, 4) is 0 Å². The maximum absolute atomic E-state index is 13.1. The van der Waals surface area contributed by atoms with Crippen LogP contribution in [0.1, 0.15) is 84.0 Å². The number of likely N-dealkylation sites (N-methyl/N-ethyl adjacent to an activating group) is 2. The van der Waals surface area contributed by atoms with Crippen LogP contribution in [0.5, 0.6) is 0 Å². The van der Waals surface area contributed by atoms with E-state index in [-0.39, 0.29) is 11.5 Å². The molecule has 0 fully saturated rings. The van der Waals surface area contributed by atoms with E-state index in [1.807, 2.05) is 0 Å². The van der Waals surface area contributed by atoms with Gasteiger partial charge in [0.15, 0.2) is 0 Å². The zero-order valence-corrected chi connectivity index (χ0v) is 20.5. The van der Waals surface area contributed by atoms with Gasteiger partial charge in [0.2, 0.25) is 5.91 Å². The number of halogens is 5. The minimum Gasteiger partial charge on any atom is -0.464 e. The van der Waals surface area contributed by atoms with Gasteiger partial charge in [-0.1, -0.05) is 77.6 Å². The third-order valence-corrected chi connectivity index (χ3v) is 5.40. The molecular weight excluding hydrogens is 463 g/mol. The molecule has 0 heterocycles. The van der Waals surface area contributed by atoms with Gasteiger partial charge >= 0.3 is 24.0 Å². The second kappa shape index (κ2) is 16.6. The number of esters is 1. The van der Waals surface area contributed by atoms with Gasteiger partial charge < -0.3 is 14.5 Å². The van der Waals surface area contributed by atoms with Gasteiger partial charge in [-0.25, -0.2) is 0 Å². The smallest absolute Gasteiger partial charge is 0.463 e. The van der Waals surface area contributed by atoms with Gasteiger partial charge in [-0.15, -0.1) is 0 Å². The number of alkyl halides is 5. The van der Waals surface area contributed by atoms with E-state index >= 15 is 0 Å². The third kappa shape index (κ3) is 13.1. The maximum atomic E-state index is 13.1. The van der Waals surface area contributed by atoms with E-state index < -0.39 is 43.0 Å². The van der Waals surface area contributed by atoms with Gasteiger partial charge in [0, 0.05) is 14.1 Å². The number of unbranched alkanes of at least 4 members (excludes halogenated alkanes) is 11. The van der Waals surface area contributed by atoms with E-state index in [2.05, 4.69) is 6.92 Å². The van der Waals surface area contributed by atoms with E-state index in [0.717, 1.165) is 31.2 Å². The van der Waals surface area contributed by atoms with Crippen molar-refractivity contribution in [3.63, 3.8) is 0 Å². The molecule has 0 unspecified atom stereocenters. The van der Waals surface area contributed by atoms with Crippen LogP contribution in [0.3, 0.4) is 0 Å². The lowest BCUT2D eigenvalue weighted by Gasteiger charge is -2.26. The molecule has 34 heavy (non-hydrogen) atoms. The molecule has 0 aliphatic carbocycles. The highest BCUT2D eigenvalue weighted by Gasteiger charge is 2.64. The fourth-order valence-electron chi connectivity index (χ4n) is 3.21. The first-order chi connectivity index (χ1) is 15.8. The molecule has 0 aromatic rings. The second-order valence-electron chi connectivity index (χ2n) is 8.59. The van der Waals surface area contributed by atoms with Crippen LogP contribution >= 0.6 is 0 Å². The quantitative estimate of drug-likeness (QED) is 0.144. The molecule has 2 amide bonds. The van der Waals surface area contributed by atoms with Crippen LogP contribution in [0.4, 0.5) is 22.0 Å². The second-order valence-corrected chi connectivity index (χ2v) is 8.59. The monoisotopic (exact) mass is 502 g/mol. The number of amides is 2. The number of carbonyl (C=O) groups excluding carboxylic acids is 3. The lowest BCUT2D eigenvalue weighted by Crippen LogP contribution is -2.53. The molecule has 0 saturated carbocycles. The number of carbonyl (C=O) groups is 3. The van der Waals surface area contributed by atoms with Crippen LogP contribution in [-0.4, -0.2) is 73.5 Å². The predicted octanol–water partition coefficient (Wildman–Crippen LogP) is 5.35. The van der Waals surface area contributed by atoms with Gasteiger partial charge in [0.05, 0.1) is 13.2 Å².